The quantitative estimate of drug-likeness (QED) is 0.391. The summed E-state index contributed by atoms with van der Waals surface area (Å²) in [5, 5.41) is 18.5. The van der Waals surface area contributed by atoms with Gasteiger partial charge in [0.05, 0.1) is 47.9 Å². The summed E-state index contributed by atoms with van der Waals surface area (Å²) in [4.78, 5) is 13.5. The Balaban J connectivity index is 1.46. The average molecular weight is 433 g/mol. The molecule has 1 aliphatic rings. The number of thiophene rings is 1. The van der Waals surface area contributed by atoms with Gasteiger partial charge in [-0.15, -0.1) is 11.3 Å². The van der Waals surface area contributed by atoms with E-state index >= 15 is 0 Å². The lowest BCUT2D eigenvalue weighted by Gasteiger charge is -2.28. The van der Waals surface area contributed by atoms with Gasteiger partial charge in [-0.2, -0.15) is 10.2 Å². The lowest BCUT2D eigenvalue weighted by Crippen LogP contribution is -2.36. The Labute approximate surface area is 181 Å². The van der Waals surface area contributed by atoms with Crippen LogP contribution in [0.1, 0.15) is 4.88 Å². The van der Waals surface area contributed by atoms with Crippen LogP contribution in [0.3, 0.4) is 0 Å². The van der Waals surface area contributed by atoms with Crippen LogP contribution in [0.4, 0.5) is 11.6 Å². The molecule has 5 heterocycles. The number of anilines is 2. The zero-order valence-electron chi connectivity index (χ0n) is 16.6. The smallest absolute Gasteiger partial charge is 0.162 e. The van der Waals surface area contributed by atoms with Gasteiger partial charge < -0.3 is 15.0 Å². The van der Waals surface area contributed by atoms with Gasteiger partial charge in [0.1, 0.15) is 5.82 Å². The topological polar surface area (TPSA) is 108 Å². The summed E-state index contributed by atoms with van der Waals surface area (Å²) in [6, 6.07) is 10.1. The number of aromatic nitrogens is 6. The summed E-state index contributed by atoms with van der Waals surface area (Å²) in [7, 11) is 0. The SMILES string of the molecule is c1cc(-c2nc(N3CCOCC3)c3sc(CNc4ccn[nH]4)cc3n2)c2cn[nH]c2c1. The number of fused-ring (bicyclic) bond motifs is 2. The summed E-state index contributed by atoms with van der Waals surface area (Å²) in [6.45, 7) is 3.75. The molecule has 6 rings (SSSR count). The Morgan fingerprint density at radius 1 is 1.10 bits per heavy atom. The van der Waals surface area contributed by atoms with Gasteiger partial charge in [0.15, 0.2) is 11.6 Å². The first kappa shape index (κ1) is 18.3. The molecule has 0 spiro atoms. The highest BCUT2D eigenvalue weighted by Gasteiger charge is 2.21. The molecule has 0 aliphatic carbocycles. The van der Waals surface area contributed by atoms with E-state index in [0.29, 0.717) is 25.6 Å². The molecular weight excluding hydrogens is 412 g/mol. The fourth-order valence-corrected chi connectivity index (χ4v) is 4.91. The van der Waals surface area contributed by atoms with Gasteiger partial charge in [-0.25, -0.2) is 9.97 Å². The zero-order chi connectivity index (χ0) is 20.6. The average Bonchev–Trinajstić information content (AvgIpc) is 3.57. The molecule has 1 aliphatic heterocycles. The molecule has 1 aromatic carbocycles. The van der Waals surface area contributed by atoms with E-state index < -0.39 is 0 Å². The summed E-state index contributed by atoms with van der Waals surface area (Å²) in [5.41, 5.74) is 2.91. The second-order valence-corrected chi connectivity index (χ2v) is 8.49. The molecule has 4 aromatic heterocycles. The van der Waals surface area contributed by atoms with Crippen LogP contribution in [-0.2, 0) is 11.3 Å². The molecule has 0 radical (unpaired) electrons. The first-order chi connectivity index (χ1) is 15.3. The number of hydrogen-bond donors (Lipinski definition) is 3. The summed E-state index contributed by atoms with van der Waals surface area (Å²) >= 11 is 1.73. The number of hydrogen-bond acceptors (Lipinski definition) is 8. The maximum atomic E-state index is 5.57. The number of benzene rings is 1. The maximum Gasteiger partial charge on any atom is 0.162 e. The Morgan fingerprint density at radius 3 is 2.90 bits per heavy atom. The predicted molar refractivity (Wildman–Crippen MR) is 121 cm³/mol. The van der Waals surface area contributed by atoms with Gasteiger partial charge in [-0.1, -0.05) is 12.1 Å². The molecule has 0 atom stereocenters. The molecule has 1 saturated heterocycles. The van der Waals surface area contributed by atoms with Crippen LogP contribution in [0.2, 0.25) is 0 Å². The fraction of sp³-hybridized carbons (Fsp3) is 0.238. The van der Waals surface area contributed by atoms with Crippen molar-refractivity contribution in [1.82, 2.24) is 30.4 Å². The number of nitrogens with one attached hydrogen (secondary N) is 3. The number of nitrogens with zero attached hydrogens (tertiary/aromatic N) is 5. The van der Waals surface area contributed by atoms with E-state index in [-0.39, 0.29) is 0 Å². The summed E-state index contributed by atoms with van der Waals surface area (Å²) < 4.78 is 6.67. The van der Waals surface area contributed by atoms with Gasteiger partial charge >= 0.3 is 0 Å². The lowest BCUT2D eigenvalue weighted by molar-refractivity contribution is 0.122. The minimum Gasteiger partial charge on any atom is -0.378 e. The Hall–Kier alpha value is -3.50. The third kappa shape index (κ3) is 3.39. The second kappa shape index (κ2) is 7.64. The highest BCUT2D eigenvalue weighted by Crippen LogP contribution is 2.36. The molecule has 31 heavy (non-hydrogen) atoms. The Bertz CT molecular complexity index is 1340. The number of ether oxygens (including phenoxy) is 1. The van der Waals surface area contributed by atoms with Crippen LogP contribution in [0.25, 0.3) is 32.5 Å². The van der Waals surface area contributed by atoms with Crippen molar-refractivity contribution >= 4 is 44.1 Å². The molecule has 1 fully saturated rings. The van der Waals surface area contributed by atoms with E-state index in [1.165, 1.54) is 4.88 Å². The number of aromatic amines is 2. The zero-order valence-corrected chi connectivity index (χ0v) is 17.4. The maximum absolute atomic E-state index is 5.57. The molecule has 0 bridgehead atoms. The van der Waals surface area contributed by atoms with Crippen molar-refractivity contribution < 1.29 is 4.74 Å². The molecule has 5 aromatic rings. The molecule has 156 valence electrons. The van der Waals surface area contributed by atoms with Gasteiger partial charge in [-0.3, -0.25) is 10.2 Å². The highest BCUT2D eigenvalue weighted by atomic mass is 32.1. The first-order valence-corrected chi connectivity index (χ1v) is 11.0. The van der Waals surface area contributed by atoms with Crippen molar-refractivity contribution in [3.8, 4) is 11.4 Å². The number of H-pyrrole nitrogens is 2. The van der Waals surface area contributed by atoms with E-state index in [4.69, 9.17) is 14.7 Å². The van der Waals surface area contributed by atoms with Crippen LogP contribution in [0, 0.1) is 0 Å². The summed E-state index contributed by atoms with van der Waals surface area (Å²) in [6.07, 6.45) is 3.57. The molecule has 10 heteroatoms. The van der Waals surface area contributed by atoms with Gasteiger partial charge in [0.25, 0.3) is 0 Å². The lowest BCUT2D eigenvalue weighted by atomic mass is 10.1. The summed E-state index contributed by atoms with van der Waals surface area (Å²) in [5.74, 6) is 2.58. The van der Waals surface area contributed by atoms with Crippen molar-refractivity contribution in [1.29, 1.82) is 0 Å². The van der Waals surface area contributed by atoms with Gasteiger partial charge in [-0.05, 0) is 18.2 Å². The predicted octanol–water partition coefficient (Wildman–Crippen LogP) is 3.41. The van der Waals surface area contributed by atoms with Crippen LogP contribution < -0.4 is 10.2 Å². The number of rotatable bonds is 5. The monoisotopic (exact) mass is 432 g/mol. The van der Waals surface area contributed by atoms with E-state index in [1.807, 2.05) is 24.4 Å². The Kier molecular flexibility index (Phi) is 4.50. The molecule has 0 saturated carbocycles. The molecule has 0 unspecified atom stereocenters. The van der Waals surface area contributed by atoms with Crippen molar-refractivity contribution in [3.63, 3.8) is 0 Å². The Morgan fingerprint density at radius 2 is 2.03 bits per heavy atom. The van der Waals surface area contributed by atoms with Crippen LogP contribution in [-0.4, -0.2) is 56.7 Å². The van der Waals surface area contributed by atoms with Gasteiger partial charge in [0.2, 0.25) is 0 Å². The largest absolute Gasteiger partial charge is 0.378 e. The van der Waals surface area contributed by atoms with Crippen LogP contribution in [0.15, 0.2) is 42.7 Å². The van der Waals surface area contributed by atoms with E-state index in [1.54, 1.807) is 17.5 Å². The van der Waals surface area contributed by atoms with Crippen LogP contribution >= 0.6 is 11.3 Å². The van der Waals surface area contributed by atoms with Crippen molar-refractivity contribution in [3.05, 3.63) is 47.6 Å². The van der Waals surface area contributed by atoms with Crippen LogP contribution in [0.5, 0.6) is 0 Å². The molecule has 3 N–H and O–H groups in total. The number of morpholine rings is 1. The highest BCUT2D eigenvalue weighted by molar-refractivity contribution is 7.19. The van der Waals surface area contributed by atoms with E-state index in [2.05, 4.69) is 42.7 Å². The minimum atomic E-state index is 0.693. The first-order valence-electron chi connectivity index (χ1n) is 10.1. The standard InChI is InChI=1S/C21H20N8OS/c1-2-14(15-12-24-27-16(15)3-1)20-25-17-10-13(11-22-18-4-5-23-28-18)31-19(17)21(26-20)29-6-8-30-9-7-29/h1-5,10,12H,6-9,11H2,(H,24,27)(H2,22,23,28). The molecular formula is C21H20N8OS. The van der Waals surface area contributed by atoms with Gasteiger partial charge in [0, 0.05) is 28.9 Å². The third-order valence-corrected chi connectivity index (χ3v) is 6.52. The molecule has 0 amide bonds. The van der Waals surface area contributed by atoms with Crippen molar-refractivity contribution in [2.24, 2.45) is 0 Å². The second-order valence-electron chi connectivity index (χ2n) is 7.36. The van der Waals surface area contributed by atoms with E-state index in [0.717, 1.165) is 51.4 Å². The third-order valence-electron chi connectivity index (χ3n) is 5.39. The van der Waals surface area contributed by atoms with E-state index in [9.17, 15) is 0 Å². The van der Waals surface area contributed by atoms with Crippen molar-refractivity contribution in [2.75, 3.05) is 36.5 Å². The molecule has 9 nitrogen and oxygen atoms in total. The van der Waals surface area contributed by atoms with Crippen molar-refractivity contribution in [2.45, 2.75) is 6.54 Å². The minimum absolute atomic E-state index is 0.693. The fourth-order valence-electron chi connectivity index (χ4n) is 3.86. The normalized spacial score (nSPS) is 14.5.